The summed E-state index contributed by atoms with van der Waals surface area (Å²) >= 11 is 0. The SMILES string of the molecule is CCOc1cccc(C(C)Nc2cccc(C(=O)O)n2)c1. The lowest BCUT2D eigenvalue weighted by Crippen LogP contribution is -2.10. The number of nitrogens with zero attached hydrogens (tertiary/aromatic N) is 1. The molecule has 1 atom stereocenters. The third-order valence-electron chi connectivity index (χ3n) is 3.00. The van der Waals surface area contributed by atoms with Crippen molar-refractivity contribution >= 4 is 11.8 Å². The molecular formula is C16H18N2O3. The maximum atomic E-state index is 10.9. The van der Waals surface area contributed by atoms with Crippen LogP contribution in [0.2, 0.25) is 0 Å². The topological polar surface area (TPSA) is 71.5 Å². The van der Waals surface area contributed by atoms with Gasteiger partial charge >= 0.3 is 5.97 Å². The van der Waals surface area contributed by atoms with Gasteiger partial charge in [-0.25, -0.2) is 9.78 Å². The largest absolute Gasteiger partial charge is 0.494 e. The lowest BCUT2D eigenvalue weighted by Gasteiger charge is -2.16. The third kappa shape index (κ3) is 3.95. The number of carboxylic acid groups (broad SMARTS) is 1. The molecule has 0 saturated carbocycles. The van der Waals surface area contributed by atoms with Crippen molar-refractivity contribution in [3.63, 3.8) is 0 Å². The van der Waals surface area contributed by atoms with E-state index in [1.807, 2.05) is 38.1 Å². The molecule has 5 nitrogen and oxygen atoms in total. The van der Waals surface area contributed by atoms with E-state index in [1.54, 1.807) is 12.1 Å². The van der Waals surface area contributed by atoms with Crippen LogP contribution in [0.4, 0.5) is 5.82 Å². The molecule has 110 valence electrons. The second kappa shape index (κ2) is 6.74. The molecule has 0 bridgehead atoms. The monoisotopic (exact) mass is 286 g/mol. The molecule has 5 heteroatoms. The molecule has 0 saturated heterocycles. The van der Waals surface area contributed by atoms with Crippen molar-refractivity contribution in [1.29, 1.82) is 0 Å². The van der Waals surface area contributed by atoms with Crippen molar-refractivity contribution in [2.24, 2.45) is 0 Å². The molecule has 0 aliphatic heterocycles. The second-order valence-corrected chi connectivity index (χ2v) is 4.58. The lowest BCUT2D eigenvalue weighted by atomic mass is 10.1. The summed E-state index contributed by atoms with van der Waals surface area (Å²) in [5, 5.41) is 12.1. The van der Waals surface area contributed by atoms with Gasteiger partial charge in [0.1, 0.15) is 11.6 Å². The van der Waals surface area contributed by atoms with Crippen molar-refractivity contribution in [2.75, 3.05) is 11.9 Å². The van der Waals surface area contributed by atoms with Crippen LogP contribution in [0, 0.1) is 0 Å². The quantitative estimate of drug-likeness (QED) is 0.852. The Morgan fingerprint density at radius 1 is 1.33 bits per heavy atom. The van der Waals surface area contributed by atoms with E-state index in [-0.39, 0.29) is 11.7 Å². The maximum absolute atomic E-state index is 10.9. The number of carbonyl (C=O) groups is 1. The highest BCUT2D eigenvalue weighted by Gasteiger charge is 2.09. The molecule has 2 aromatic rings. The van der Waals surface area contributed by atoms with Crippen LogP contribution in [0.5, 0.6) is 5.75 Å². The fraction of sp³-hybridized carbons (Fsp3) is 0.250. The lowest BCUT2D eigenvalue weighted by molar-refractivity contribution is 0.0690. The van der Waals surface area contributed by atoms with Crippen LogP contribution in [0.3, 0.4) is 0 Å². The van der Waals surface area contributed by atoms with Gasteiger partial charge in [0.25, 0.3) is 0 Å². The van der Waals surface area contributed by atoms with E-state index in [1.165, 1.54) is 6.07 Å². The zero-order valence-electron chi connectivity index (χ0n) is 12.0. The Kier molecular flexibility index (Phi) is 4.77. The van der Waals surface area contributed by atoms with Crippen LogP contribution in [-0.4, -0.2) is 22.7 Å². The number of benzene rings is 1. The molecular weight excluding hydrogens is 268 g/mol. The minimum absolute atomic E-state index is 0.0121. The Labute approximate surface area is 123 Å². The van der Waals surface area contributed by atoms with E-state index in [4.69, 9.17) is 9.84 Å². The van der Waals surface area contributed by atoms with Gasteiger partial charge in [-0.1, -0.05) is 18.2 Å². The predicted octanol–water partition coefficient (Wildman–Crippen LogP) is 3.35. The average Bonchev–Trinajstić information content (AvgIpc) is 2.48. The normalized spacial score (nSPS) is 11.7. The van der Waals surface area contributed by atoms with Gasteiger partial charge in [-0.2, -0.15) is 0 Å². The number of nitrogens with one attached hydrogen (secondary N) is 1. The summed E-state index contributed by atoms with van der Waals surface area (Å²) in [5.74, 6) is 0.310. The zero-order chi connectivity index (χ0) is 15.2. The van der Waals surface area contributed by atoms with Gasteiger partial charge in [-0.3, -0.25) is 0 Å². The molecule has 1 aromatic heterocycles. The summed E-state index contributed by atoms with van der Waals surface area (Å²) in [6.45, 7) is 4.54. The summed E-state index contributed by atoms with van der Waals surface area (Å²) in [4.78, 5) is 15.0. The van der Waals surface area contributed by atoms with E-state index < -0.39 is 5.97 Å². The smallest absolute Gasteiger partial charge is 0.354 e. The summed E-state index contributed by atoms with van der Waals surface area (Å²) in [5.41, 5.74) is 1.07. The fourth-order valence-electron chi connectivity index (χ4n) is 1.98. The summed E-state index contributed by atoms with van der Waals surface area (Å²) in [7, 11) is 0. The third-order valence-corrected chi connectivity index (χ3v) is 3.00. The maximum Gasteiger partial charge on any atom is 0.354 e. The van der Waals surface area contributed by atoms with Crippen molar-refractivity contribution < 1.29 is 14.6 Å². The number of hydrogen-bond donors (Lipinski definition) is 2. The number of ether oxygens (including phenoxy) is 1. The van der Waals surface area contributed by atoms with Crippen molar-refractivity contribution in [3.05, 3.63) is 53.7 Å². The molecule has 1 unspecified atom stereocenters. The first-order valence-electron chi connectivity index (χ1n) is 6.79. The number of aromatic nitrogens is 1. The number of pyridine rings is 1. The molecule has 1 aromatic carbocycles. The van der Waals surface area contributed by atoms with Gasteiger partial charge in [0.2, 0.25) is 0 Å². The Balaban J connectivity index is 2.13. The number of carboxylic acids is 1. The van der Waals surface area contributed by atoms with E-state index >= 15 is 0 Å². The van der Waals surface area contributed by atoms with Crippen LogP contribution >= 0.6 is 0 Å². The molecule has 2 N–H and O–H groups in total. The molecule has 0 fully saturated rings. The van der Waals surface area contributed by atoms with Crippen LogP contribution < -0.4 is 10.1 Å². The Bertz CT molecular complexity index is 628. The van der Waals surface area contributed by atoms with E-state index in [0.717, 1.165) is 11.3 Å². The molecule has 0 spiro atoms. The van der Waals surface area contributed by atoms with Crippen LogP contribution in [-0.2, 0) is 0 Å². The summed E-state index contributed by atoms with van der Waals surface area (Å²) in [6.07, 6.45) is 0. The molecule has 0 amide bonds. The van der Waals surface area contributed by atoms with Crippen molar-refractivity contribution in [2.45, 2.75) is 19.9 Å². The molecule has 1 heterocycles. The standard InChI is InChI=1S/C16H18N2O3/c1-3-21-13-7-4-6-12(10-13)11(2)17-15-9-5-8-14(18-15)16(19)20/h4-11H,3H2,1-2H3,(H,17,18)(H,19,20). The predicted molar refractivity (Wildman–Crippen MR) is 80.8 cm³/mol. The van der Waals surface area contributed by atoms with Gasteiger partial charge in [0.05, 0.1) is 12.6 Å². The van der Waals surface area contributed by atoms with Crippen molar-refractivity contribution in [3.8, 4) is 5.75 Å². The average molecular weight is 286 g/mol. The molecule has 21 heavy (non-hydrogen) atoms. The van der Waals surface area contributed by atoms with Gasteiger partial charge in [-0.05, 0) is 43.7 Å². The number of anilines is 1. The highest BCUT2D eigenvalue weighted by molar-refractivity contribution is 5.85. The highest BCUT2D eigenvalue weighted by Crippen LogP contribution is 2.22. The fourth-order valence-corrected chi connectivity index (χ4v) is 1.98. The van der Waals surface area contributed by atoms with Crippen LogP contribution in [0.15, 0.2) is 42.5 Å². The zero-order valence-corrected chi connectivity index (χ0v) is 12.0. The molecule has 0 radical (unpaired) electrons. The van der Waals surface area contributed by atoms with E-state index in [9.17, 15) is 4.79 Å². The van der Waals surface area contributed by atoms with Gasteiger partial charge < -0.3 is 15.2 Å². The Hall–Kier alpha value is -2.56. The first-order valence-corrected chi connectivity index (χ1v) is 6.79. The van der Waals surface area contributed by atoms with Crippen LogP contribution in [0.1, 0.15) is 35.9 Å². The summed E-state index contributed by atoms with van der Waals surface area (Å²) < 4.78 is 5.48. The van der Waals surface area contributed by atoms with Gasteiger partial charge in [0, 0.05) is 0 Å². The first kappa shape index (κ1) is 14.8. The first-order chi connectivity index (χ1) is 10.1. The van der Waals surface area contributed by atoms with E-state index in [2.05, 4.69) is 10.3 Å². The highest BCUT2D eigenvalue weighted by atomic mass is 16.5. The van der Waals surface area contributed by atoms with Gasteiger partial charge in [-0.15, -0.1) is 0 Å². The van der Waals surface area contributed by atoms with Crippen molar-refractivity contribution in [1.82, 2.24) is 4.98 Å². The van der Waals surface area contributed by atoms with E-state index in [0.29, 0.717) is 12.4 Å². The minimum Gasteiger partial charge on any atom is -0.494 e. The number of rotatable bonds is 6. The Morgan fingerprint density at radius 2 is 2.10 bits per heavy atom. The minimum atomic E-state index is -1.04. The van der Waals surface area contributed by atoms with Crippen LogP contribution in [0.25, 0.3) is 0 Å². The van der Waals surface area contributed by atoms with Gasteiger partial charge in [0.15, 0.2) is 5.69 Å². The summed E-state index contributed by atoms with van der Waals surface area (Å²) in [6, 6.07) is 12.7. The second-order valence-electron chi connectivity index (χ2n) is 4.58. The molecule has 0 aliphatic rings. The number of hydrogen-bond acceptors (Lipinski definition) is 4. The Morgan fingerprint density at radius 3 is 2.81 bits per heavy atom. The molecule has 2 rings (SSSR count). The molecule has 0 aliphatic carbocycles. The number of aromatic carboxylic acids is 1.